The number of benzene rings is 1. The molecule has 0 saturated heterocycles. The Morgan fingerprint density at radius 1 is 1.36 bits per heavy atom. The summed E-state index contributed by atoms with van der Waals surface area (Å²) in [5, 5.41) is 26.9. The summed E-state index contributed by atoms with van der Waals surface area (Å²) in [7, 11) is -1.45. The van der Waals surface area contributed by atoms with Crippen molar-refractivity contribution in [1.29, 1.82) is 5.26 Å². The van der Waals surface area contributed by atoms with Gasteiger partial charge in [0.2, 0.25) is 0 Å². The molecule has 2 N–H and O–H groups in total. The van der Waals surface area contributed by atoms with Crippen LogP contribution < -0.4 is 5.46 Å². The third-order valence-electron chi connectivity index (χ3n) is 2.70. The zero-order chi connectivity index (χ0) is 10.2. The molecule has 1 aromatic rings. The first-order valence-electron chi connectivity index (χ1n) is 4.56. The highest BCUT2D eigenvalue weighted by Crippen LogP contribution is 2.47. The molecule has 1 aromatic carbocycles. The molecule has 1 saturated carbocycles. The fraction of sp³-hybridized carbons (Fsp3) is 0.300. The highest BCUT2D eigenvalue weighted by molar-refractivity contribution is 6.58. The van der Waals surface area contributed by atoms with Crippen molar-refractivity contribution < 1.29 is 10.0 Å². The molecule has 0 radical (unpaired) electrons. The maximum Gasteiger partial charge on any atom is 0.488 e. The predicted octanol–water partition coefficient (Wildman–Crippen LogP) is -0.0784. The Morgan fingerprint density at radius 3 is 2.57 bits per heavy atom. The Morgan fingerprint density at radius 2 is 2.07 bits per heavy atom. The first kappa shape index (κ1) is 9.26. The summed E-state index contributed by atoms with van der Waals surface area (Å²) in [5.74, 6) is 0. The van der Waals surface area contributed by atoms with Crippen molar-refractivity contribution in [3.8, 4) is 6.07 Å². The normalized spacial score (nSPS) is 17.2. The van der Waals surface area contributed by atoms with E-state index in [1.807, 2.05) is 6.07 Å². The van der Waals surface area contributed by atoms with Crippen LogP contribution in [0.4, 0.5) is 0 Å². The van der Waals surface area contributed by atoms with Crippen molar-refractivity contribution in [2.24, 2.45) is 0 Å². The Hall–Kier alpha value is -1.31. The van der Waals surface area contributed by atoms with E-state index in [4.69, 9.17) is 15.3 Å². The molecule has 0 unspecified atom stereocenters. The van der Waals surface area contributed by atoms with Crippen molar-refractivity contribution >= 4 is 12.6 Å². The van der Waals surface area contributed by atoms with Gasteiger partial charge in [-0.15, -0.1) is 0 Å². The van der Waals surface area contributed by atoms with E-state index in [9.17, 15) is 0 Å². The molecule has 0 aliphatic heterocycles. The second kappa shape index (κ2) is 3.12. The average Bonchev–Trinajstić information content (AvgIpc) is 2.98. The van der Waals surface area contributed by atoms with Gasteiger partial charge in [0.05, 0.1) is 11.5 Å². The van der Waals surface area contributed by atoms with Gasteiger partial charge in [0.15, 0.2) is 0 Å². The third-order valence-corrected chi connectivity index (χ3v) is 2.70. The van der Waals surface area contributed by atoms with Crippen LogP contribution in [0.15, 0.2) is 24.3 Å². The van der Waals surface area contributed by atoms with Gasteiger partial charge in [0.25, 0.3) is 0 Å². The maximum atomic E-state index is 8.98. The van der Waals surface area contributed by atoms with E-state index >= 15 is 0 Å². The molecule has 1 fully saturated rings. The topological polar surface area (TPSA) is 64.2 Å². The summed E-state index contributed by atoms with van der Waals surface area (Å²) < 4.78 is 0. The van der Waals surface area contributed by atoms with E-state index in [1.54, 1.807) is 18.2 Å². The van der Waals surface area contributed by atoms with E-state index in [-0.39, 0.29) is 5.41 Å². The maximum absolute atomic E-state index is 8.98. The van der Waals surface area contributed by atoms with Gasteiger partial charge in [-0.2, -0.15) is 5.26 Å². The van der Waals surface area contributed by atoms with Crippen LogP contribution in [-0.4, -0.2) is 17.2 Å². The van der Waals surface area contributed by atoms with Gasteiger partial charge in [-0.3, -0.25) is 0 Å². The number of nitriles is 1. The first-order valence-corrected chi connectivity index (χ1v) is 4.56. The molecule has 0 amide bonds. The lowest BCUT2D eigenvalue weighted by molar-refractivity contribution is 0.425. The Balaban J connectivity index is 2.37. The van der Waals surface area contributed by atoms with Gasteiger partial charge >= 0.3 is 7.12 Å². The van der Waals surface area contributed by atoms with E-state index in [0.717, 1.165) is 18.4 Å². The molecule has 70 valence electrons. The zero-order valence-electron chi connectivity index (χ0n) is 7.64. The number of nitrogens with zero attached hydrogens (tertiary/aromatic N) is 1. The number of hydrogen-bond donors (Lipinski definition) is 2. The zero-order valence-corrected chi connectivity index (χ0v) is 7.64. The standard InChI is InChI=1S/C10H10BNO2/c12-7-10(4-5-10)8-2-1-3-9(6-8)11(13)14/h1-3,6,13-14H,4-5H2. The lowest BCUT2D eigenvalue weighted by Gasteiger charge is -2.07. The summed E-state index contributed by atoms with van der Waals surface area (Å²) in [5.41, 5.74) is 0.986. The number of hydrogen-bond acceptors (Lipinski definition) is 3. The average molecular weight is 187 g/mol. The van der Waals surface area contributed by atoms with Gasteiger partial charge in [-0.25, -0.2) is 0 Å². The van der Waals surface area contributed by atoms with Gasteiger partial charge < -0.3 is 10.0 Å². The van der Waals surface area contributed by atoms with Crippen LogP contribution in [-0.2, 0) is 5.41 Å². The fourth-order valence-corrected chi connectivity index (χ4v) is 1.59. The van der Waals surface area contributed by atoms with Crippen molar-refractivity contribution in [2.75, 3.05) is 0 Å². The summed E-state index contributed by atoms with van der Waals surface area (Å²) in [6.45, 7) is 0. The molecule has 0 atom stereocenters. The van der Waals surface area contributed by atoms with E-state index in [0.29, 0.717) is 5.46 Å². The lowest BCUT2D eigenvalue weighted by atomic mass is 9.78. The molecule has 0 heterocycles. The molecule has 1 aliphatic rings. The molecule has 0 spiro atoms. The summed E-state index contributed by atoms with van der Waals surface area (Å²) in [6, 6.07) is 9.22. The van der Waals surface area contributed by atoms with Crippen molar-refractivity contribution in [1.82, 2.24) is 0 Å². The van der Waals surface area contributed by atoms with Crippen LogP contribution >= 0.6 is 0 Å². The van der Waals surface area contributed by atoms with Gasteiger partial charge in [0, 0.05) is 0 Å². The molecule has 1 aliphatic carbocycles. The smallest absolute Gasteiger partial charge is 0.423 e. The first-order chi connectivity index (χ1) is 6.68. The van der Waals surface area contributed by atoms with Crippen LogP contribution in [0.5, 0.6) is 0 Å². The van der Waals surface area contributed by atoms with Crippen LogP contribution in [0.3, 0.4) is 0 Å². The second-order valence-electron chi connectivity index (χ2n) is 3.69. The van der Waals surface area contributed by atoms with E-state index in [2.05, 4.69) is 6.07 Å². The Labute approximate surface area is 82.8 Å². The molecular weight excluding hydrogens is 177 g/mol. The monoisotopic (exact) mass is 187 g/mol. The molecule has 4 heteroatoms. The van der Waals surface area contributed by atoms with Crippen LogP contribution in [0, 0.1) is 11.3 Å². The van der Waals surface area contributed by atoms with Crippen molar-refractivity contribution in [2.45, 2.75) is 18.3 Å². The SMILES string of the molecule is N#CC1(c2cccc(B(O)O)c2)CC1. The quantitative estimate of drug-likeness (QED) is 0.636. The Kier molecular flexibility index (Phi) is 2.07. The highest BCUT2D eigenvalue weighted by Gasteiger charge is 2.44. The molecule has 0 bridgehead atoms. The second-order valence-corrected chi connectivity index (χ2v) is 3.69. The Bertz CT molecular complexity index is 393. The minimum Gasteiger partial charge on any atom is -0.423 e. The highest BCUT2D eigenvalue weighted by atomic mass is 16.4. The fourth-order valence-electron chi connectivity index (χ4n) is 1.59. The molecule has 14 heavy (non-hydrogen) atoms. The van der Waals surface area contributed by atoms with Crippen LogP contribution in [0.1, 0.15) is 18.4 Å². The van der Waals surface area contributed by atoms with Crippen LogP contribution in [0.2, 0.25) is 0 Å². The largest absolute Gasteiger partial charge is 0.488 e. The minimum atomic E-state index is -1.45. The summed E-state index contributed by atoms with van der Waals surface area (Å²) in [4.78, 5) is 0. The molecule has 0 aromatic heterocycles. The van der Waals surface area contributed by atoms with Gasteiger partial charge in [-0.05, 0) is 23.9 Å². The van der Waals surface area contributed by atoms with Gasteiger partial charge in [0.1, 0.15) is 0 Å². The summed E-state index contributed by atoms with van der Waals surface area (Å²) >= 11 is 0. The lowest BCUT2D eigenvalue weighted by Crippen LogP contribution is -2.30. The van der Waals surface area contributed by atoms with E-state index < -0.39 is 7.12 Å². The van der Waals surface area contributed by atoms with E-state index in [1.165, 1.54) is 0 Å². The molecule has 2 rings (SSSR count). The summed E-state index contributed by atoms with van der Waals surface area (Å²) in [6.07, 6.45) is 1.74. The van der Waals surface area contributed by atoms with Crippen molar-refractivity contribution in [3.05, 3.63) is 29.8 Å². The third kappa shape index (κ3) is 1.41. The van der Waals surface area contributed by atoms with Gasteiger partial charge in [-0.1, -0.05) is 24.3 Å². The van der Waals surface area contributed by atoms with Crippen LogP contribution in [0.25, 0.3) is 0 Å². The predicted molar refractivity (Wildman–Crippen MR) is 52.8 cm³/mol. The molecule has 3 nitrogen and oxygen atoms in total. The van der Waals surface area contributed by atoms with Crippen molar-refractivity contribution in [3.63, 3.8) is 0 Å². The minimum absolute atomic E-state index is 0.356. The number of rotatable bonds is 2. The molecular formula is C10H10BNO2.